The molecule has 0 aliphatic carbocycles. The molecule has 0 unspecified atom stereocenters. The molecule has 3 rings (SSSR count). The van der Waals surface area contributed by atoms with Gasteiger partial charge in [0.15, 0.2) is 0 Å². The van der Waals surface area contributed by atoms with Gasteiger partial charge in [-0.3, -0.25) is 4.79 Å². The van der Waals surface area contributed by atoms with Crippen molar-refractivity contribution in [3.05, 3.63) is 80.5 Å². The first-order valence-corrected chi connectivity index (χ1v) is 10.4. The SMILES string of the molecule is C=CCN(Cc1csc(COc2ccc(C)c(C)c2)n1)C(=O)c1cccs1. The molecule has 1 amide bonds. The van der Waals surface area contributed by atoms with Crippen LogP contribution < -0.4 is 4.74 Å². The Kier molecular flexibility index (Phi) is 6.42. The highest BCUT2D eigenvalue weighted by atomic mass is 32.1. The molecule has 0 aliphatic heterocycles. The van der Waals surface area contributed by atoms with Gasteiger partial charge < -0.3 is 9.64 Å². The van der Waals surface area contributed by atoms with Gasteiger partial charge in [-0.25, -0.2) is 4.98 Å². The average molecular weight is 399 g/mol. The molecule has 3 aromatic rings. The van der Waals surface area contributed by atoms with Crippen molar-refractivity contribution in [3.8, 4) is 5.75 Å². The van der Waals surface area contributed by atoms with Gasteiger partial charge in [0.2, 0.25) is 0 Å². The number of aromatic nitrogens is 1. The zero-order valence-corrected chi connectivity index (χ0v) is 17.1. The molecule has 0 aliphatic rings. The Morgan fingerprint density at radius 1 is 1.26 bits per heavy atom. The molecule has 1 aromatic carbocycles. The van der Waals surface area contributed by atoms with E-state index in [0.717, 1.165) is 21.3 Å². The lowest BCUT2D eigenvalue weighted by Gasteiger charge is -2.19. The highest BCUT2D eigenvalue weighted by Gasteiger charge is 2.17. The number of hydrogen-bond donors (Lipinski definition) is 0. The standard InChI is InChI=1S/C21H22N2O2S2/c1-4-9-23(21(24)19-6-5-10-26-19)12-17-14-27-20(22-17)13-25-18-8-7-15(2)16(3)11-18/h4-8,10-11,14H,1,9,12-13H2,2-3H3. The van der Waals surface area contributed by atoms with Crippen LogP contribution in [0.1, 0.15) is 31.5 Å². The van der Waals surface area contributed by atoms with Gasteiger partial charge >= 0.3 is 0 Å². The van der Waals surface area contributed by atoms with Crippen molar-refractivity contribution in [2.75, 3.05) is 6.54 Å². The number of ether oxygens (including phenoxy) is 1. The van der Waals surface area contributed by atoms with Crippen molar-refractivity contribution in [1.82, 2.24) is 9.88 Å². The van der Waals surface area contributed by atoms with Crippen molar-refractivity contribution in [3.63, 3.8) is 0 Å². The second-order valence-corrected chi connectivity index (χ2v) is 8.11. The largest absolute Gasteiger partial charge is 0.486 e. The Morgan fingerprint density at radius 3 is 2.81 bits per heavy atom. The molecule has 2 heterocycles. The summed E-state index contributed by atoms with van der Waals surface area (Å²) < 4.78 is 5.85. The van der Waals surface area contributed by atoms with E-state index in [2.05, 4.69) is 31.5 Å². The molecule has 2 aromatic heterocycles. The van der Waals surface area contributed by atoms with Crippen LogP contribution >= 0.6 is 22.7 Å². The number of carbonyl (C=O) groups excluding carboxylic acids is 1. The van der Waals surface area contributed by atoms with Gasteiger partial charge in [0.05, 0.1) is 17.1 Å². The smallest absolute Gasteiger partial charge is 0.264 e. The van der Waals surface area contributed by atoms with Gasteiger partial charge in [-0.15, -0.1) is 29.3 Å². The summed E-state index contributed by atoms with van der Waals surface area (Å²) >= 11 is 2.99. The van der Waals surface area contributed by atoms with E-state index in [4.69, 9.17) is 4.74 Å². The predicted octanol–water partition coefficient (Wildman–Crippen LogP) is 5.23. The molecule has 0 saturated heterocycles. The van der Waals surface area contributed by atoms with E-state index >= 15 is 0 Å². The van der Waals surface area contributed by atoms with Gasteiger partial charge in [-0.1, -0.05) is 18.2 Å². The maximum absolute atomic E-state index is 12.6. The molecule has 0 saturated carbocycles. The first-order valence-electron chi connectivity index (χ1n) is 8.64. The van der Waals surface area contributed by atoms with Crippen LogP contribution in [-0.2, 0) is 13.2 Å². The van der Waals surface area contributed by atoms with E-state index in [1.807, 2.05) is 35.0 Å². The fourth-order valence-corrected chi connectivity index (χ4v) is 3.95. The van der Waals surface area contributed by atoms with Gasteiger partial charge in [0.1, 0.15) is 17.4 Å². The minimum absolute atomic E-state index is 0.00540. The molecule has 0 bridgehead atoms. The molecule has 140 valence electrons. The normalized spacial score (nSPS) is 10.6. The number of aryl methyl sites for hydroxylation is 2. The number of thiazole rings is 1. The summed E-state index contributed by atoms with van der Waals surface area (Å²) in [5.74, 6) is 0.849. The van der Waals surface area contributed by atoms with Crippen molar-refractivity contribution < 1.29 is 9.53 Å². The summed E-state index contributed by atoms with van der Waals surface area (Å²) in [6.45, 7) is 9.29. The molecular formula is C21H22N2O2S2. The maximum Gasteiger partial charge on any atom is 0.264 e. The van der Waals surface area contributed by atoms with Crippen LogP contribution in [0.4, 0.5) is 0 Å². The van der Waals surface area contributed by atoms with E-state index in [1.165, 1.54) is 22.5 Å². The van der Waals surface area contributed by atoms with Crippen LogP contribution in [0.25, 0.3) is 0 Å². The van der Waals surface area contributed by atoms with E-state index in [1.54, 1.807) is 22.3 Å². The van der Waals surface area contributed by atoms with Crippen LogP contribution in [0.5, 0.6) is 5.75 Å². The number of thiophene rings is 1. The Balaban J connectivity index is 1.62. The summed E-state index contributed by atoms with van der Waals surface area (Å²) in [5.41, 5.74) is 3.32. The van der Waals surface area contributed by atoms with Gasteiger partial charge in [0, 0.05) is 11.9 Å². The summed E-state index contributed by atoms with van der Waals surface area (Å²) in [6.07, 6.45) is 1.74. The van der Waals surface area contributed by atoms with E-state index in [9.17, 15) is 4.79 Å². The lowest BCUT2D eigenvalue weighted by atomic mass is 10.1. The van der Waals surface area contributed by atoms with E-state index in [-0.39, 0.29) is 5.91 Å². The van der Waals surface area contributed by atoms with Crippen LogP contribution in [0.3, 0.4) is 0 Å². The summed E-state index contributed by atoms with van der Waals surface area (Å²) in [5, 5.41) is 4.78. The third-order valence-electron chi connectivity index (χ3n) is 4.16. The van der Waals surface area contributed by atoms with Gasteiger partial charge in [-0.2, -0.15) is 0 Å². The van der Waals surface area contributed by atoms with Crippen LogP contribution in [-0.4, -0.2) is 22.3 Å². The zero-order valence-electron chi connectivity index (χ0n) is 15.5. The Labute approximate surface area is 167 Å². The number of rotatable bonds is 8. The highest BCUT2D eigenvalue weighted by molar-refractivity contribution is 7.12. The molecule has 0 fully saturated rings. The van der Waals surface area contributed by atoms with E-state index in [0.29, 0.717) is 19.7 Å². The lowest BCUT2D eigenvalue weighted by Crippen LogP contribution is -2.30. The first-order chi connectivity index (χ1) is 13.1. The zero-order chi connectivity index (χ0) is 19.2. The number of carbonyl (C=O) groups is 1. The maximum atomic E-state index is 12.6. The summed E-state index contributed by atoms with van der Waals surface area (Å²) in [6, 6.07) is 9.79. The van der Waals surface area contributed by atoms with Crippen molar-refractivity contribution in [2.24, 2.45) is 0 Å². The Hall–Kier alpha value is -2.44. The average Bonchev–Trinajstić information content (AvgIpc) is 3.34. The molecule has 0 atom stereocenters. The quantitative estimate of drug-likeness (QED) is 0.488. The molecule has 6 heteroatoms. The monoisotopic (exact) mass is 398 g/mol. The molecule has 4 nitrogen and oxygen atoms in total. The summed E-state index contributed by atoms with van der Waals surface area (Å²) in [4.78, 5) is 19.7. The summed E-state index contributed by atoms with van der Waals surface area (Å²) in [7, 11) is 0. The first kappa shape index (κ1) is 19.3. The van der Waals surface area contributed by atoms with Crippen molar-refractivity contribution in [2.45, 2.75) is 27.0 Å². The number of hydrogen-bond acceptors (Lipinski definition) is 5. The van der Waals surface area contributed by atoms with Crippen LogP contribution in [0, 0.1) is 13.8 Å². The topological polar surface area (TPSA) is 42.4 Å². The van der Waals surface area contributed by atoms with Crippen LogP contribution in [0.2, 0.25) is 0 Å². The van der Waals surface area contributed by atoms with E-state index < -0.39 is 0 Å². The molecule has 0 N–H and O–H groups in total. The lowest BCUT2D eigenvalue weighted by molar-refractivity contribution is 0.0766. The molecule has 0 radical (unpaired) electrons. The minimum atomic E-state index is 0.00540. The van der Waals surface area contributed by atoms with Gasteiger partial charge in [0.25, 0.3) is 5.91 Å². The molecule has 27 heavy (non-hydrogen) atoms. The minimum Gasteiger partial charge on any atom is -0.486 e. The highest BCUT2D eigenvalue weighted by Crippen LogP contribution is 2.20. The third-order valence-corrected chi connectivity index (χ3v) is 5.89. The van der Waals surface area contributed by atoms with Gasteiger partial charge in [-0.05, 0) is 48.6 Å². The van der Waals surface area contributed by atoms with Crippen LogP contribution in [0.15, 0.2) is 53.7 Å². The second-order valence-electron chi connectivity index (χ2n) is 6.22. The molecular weight excluding hydrogens is 376 g/mol. The number of nitrogens with zero attached hydrogens (tertiary/aromatic N) is 2. The Morgan fingerprint density at radius 2 is 2.11 bits per heavy atom. The number of amides is 1. The predicted molar refractivity (Wildman–Crippen MR) is 112 cm³/mol. The van der Waals surface area contributed by atoms with Crippen molar-refractivity contribution in [1.29, 1.82) is 0 Å². The second kappa shape index (κ2) is 8.97. The Bertz CT molecular complexity index is 916. The third kappa shape index (κ3) is 5.05. The molecule has 0 spiro atoms. The number of benzene rings is 1. The fourth-order valence-electron chi connectivity index (χ4n) is 2.56. The van der Waals surface area contributed by atoms with Crippen molar-refractivity contribution >= 4 is 28.6 Å². The fraction of sp³-hybridized carbons (Fsp3) is 0.238.